The Morgan fingerprint density at radius 1 is 0.917 bits per heavy atom. The number of nitrogens with zero attached hydrogens (tertiary/aromatic N) is 2. The van der Waals surface area contributed by atoms with Gasteiger partial charge in [-0.1, -0.05) is 12.8 Å². The lowest BCUT2D eigenvalue weighted by Gasteiger charge is -2.46. The quantitative estimate of drug-likeness (QED) is 0.244. The van der Waals surface area contributed by atoms with Crippen molar-refractivity contribution in [1.29, 1.82) is 0 Å². The Hall–Kier alpha value is -0.970. The van der Waals surface area contributed by atoms with E-state index in [9.17, 15) is 30.0 Å². The summed E-state index contributed by atoms with van der Waals surface area (Å²) in [4.78, 5) is 26.5. The van der Waals surface area contributed by atoms with E-state index in [0.717, 1.165) is 24.2 Å². The average molecular weight is 368 g/mol. The van der Waals surface area contributed by atoms with Crippen LogP contribution in [0.4, 0.5) is 0 Å². The van der Waals surface area contributed by atoms with E-state index in [1.165, 1.54) is 4.90 Å². The van der Waals surface area contributed by atoms with Gasteiger partial charge in [-0.25, -0.2) is 0 Å². The van der Waals surface area contributed by atoms with Gasteiger partial charge in [0.15, 0.2) is 0 Å². The minimum atomic E-state index is -1.54. The summed E-state index contributed by atoms with van der Waals surface area (Å²) in [6.07, 6.45) is -2.33. The fraction of sp³-hybridized carbons (Fsp3) is 0.857. The third kappa shape index (κ3) is 3.66. The van der Waals surface area contributed by atoms with Crippen LogP contribution < -0.4 is 5.73 Å². The maximum atomic E-state index is 12.2. The molecule has 0 saturated carbocycles. The van der Waals surface area contributed by atoms with E-state index in [1.54, 1.807) is 0 Å². The van der Waals surface area contributed by atoms with E-state index in [-0.39, 0.29) is 19.0 Å². The summed E-state index contributed by atoms with van der Waals surface area (Å²) in [6, 6.07) is -1.11. The van der Waals surface area contributed by atoms with Gasteiger partial charge >= 0.3 is 11.8 Å². The van der Waals surface area contributed by atoms with Crippen LogP contribution >= 0.6 is 12.4 Å². The molecular formula is C14H26ClN3O6. The lowest BCUT2D eigenvalue weighted by atomic mass is 9.92. The number of carbonyl (C=O) groups is 2. The average Bonchev–Trinajstić information content (AvgIpc) is 2.78. The molecule has 0 radical (unpaired) electrons. The van der Waals surface area contributed by atoms with E-state index >= 15 is 0 Å². The SMILES string of the molecule is Cl.NCCCCCCN1C(=O)C(=O)N2[C@H](CO)[C@@H](O)[C@H](O)[C@H](O)[C@@H]12. The molecule has 0 aromatic rings. The molecule has 140 valence electrons. The van der Waals surface area contributed by atoms with Crippen LogP contribution in [0, 0.1) is 0 Å². The molecule has 10 heteroatoms. The number of unbranched alkanes of at least 4 members (excludes halogenated alkanes) is 3. The van der Waals surface area contributed by atoms with Gasteiger partial charge in [-0.05, 0) is 19.4 Å². The van der Waals surface area contributed by atoms with Crippen molar-refractivity contribution in [3.8, 4) is 0 Å². The van der Waals surface area contributed by atoms with Crippen molar-refractivity contribution in [3.63, 3.8) is 0 Å². The molecule has 2 aliphatic heterocycles. The van der Waals surface area contributed by atoms with Crippen LogP contribution in [0.3, 0.4) is 0 Å². The molecule has 2 saturated heterocycles. The highest BCUT2D eigenvalue weighted by molar-refractivity contribution is 6.37. The van der Waals surface area contributed by atoms with Gasteiger partial charge in [0.25, 0.3) is 0 Å². The maximum Gasteiger partial charge on any atom is 0.314 e. The highest BCUT2D eigenvalue weighted by Gasteiger charge is 2.58. The number of piperidine rings is 1. The number of aliphatic hydroxyl groups excluding tert-OH is 4. The van der Waals surface area contributed by atoms with Crippen LogP contribution in [-0.2, 0) is 9.59 Å². The minimum absolute atomic E-state index is 0. The molecule has 0 spiro atoms. The van der Waals surface area contributed by atoms with Crippen molar-refractivity contribution in [1.82, 2.24) is 9.80 Å². The fourth-order valence-corrected chi connectivity index (χ4v) is 3.30. The first-order chi connectivity index (χ1) is 11.0. The Balaban J connectivity index is 0.00000288. The zero-order chi connectivity index (χ0) is 17.1. The Kier molecular flexibility index (Phi) is 7.84. The lowest BCUT2D eigenvalue weighted by molar-refractivity contribution is -0.187. The number of halogens is 1. The fourth-order valence-electron chi connectivity index (χ4n) is 3.30. The molecule has 2 rings (SSSR count). The number of carbonyl (C=O) groups excluding carboxylic acids is 2. The van der Waals surface area contributed by atoms with Crippen molar-refractivity contribution < 1.29 is 30.0 Å². The summed E-state index contributed by atoms with van der Waals surface area (Å²) in [5.41, 5.74) is 5.41. The summed E-state index contributed by atoms with van der Waals surface area (Å²) in [5.74, 6) is -1.66. The smallest absolute Gasteiger partial charge is 0.314 e. The second kappa shape index (κ2) is 8.93. The minimum Gasteiger partial charge on any atom is -0.394 e. The number of amides is 2. The topological polar surface area (TPSA) is 148 Å². The van der Waals surface area contributed by atoms with Gasteiger partial charge in [0.05, 0.1) is 12.6 Å². The zero-order valence-electron chi connectivity index (χ0n) is 13.3. The molecule has 2 heterocycles. The summed E-state index contributed by atoms with van der Waals surface area (Å²) < 4.78 is 0. The lowest BCUT2D eigenvalue weighted by Crippen LogP contribution is -2.68. The van der Waals surface area contributed by atoms with E-state index in [0.29, 0.717) is 13.0 Å². The molecule has 2 aliphatic rings. The van der Waals surface area contributed by atoms with Crippen LogP contribution in [0.1, 0.15) is 25.7 Å². The molecule has 0 bridgehead atoms. The Bertz CT molecular complexity index is 454. The van der Waals surface area contributed by atoms with Gasteiger partial charge in [-0.15, -0.1) is 12.4 Å². The molecule has 0 aromatic carbocycles. The van der Waals surface area contributed by atoms with Crippen molar-refractivity contribution in [2.45, 2.75) is 56.2 Å². The predicted molar refractivity (Wildman–Crippen MR) is 86.0 cm³/mol. The van der Waals surface area contributed by atoms with Crippen LogP contribution in [0.5, 0.6) is 0 Å². The first-order valence-corrected chi connectivity index (χ1v) is 7.94. The van der Waals surface area contributed by atoms with E-state index in [1.807, 2.05) is 0 Å². The molecule has 24 heavy (non-hydrogen) atoms. The van der Waals surface area contributed by atoms with Gasteiger partial charge in [0.2, 0.25) is 0 Å². The van der Waals surface area contributed by atoms with Gasteiger partial charge in [0.1, 0.15) is 24.5 Å². The van der Waals surface area contributed by atoms with Crippen LogP contribution in [-0.4, -0.2) is 92.3 Å². The van der Waals surface area contributed by atoms with E-state index in [2.05, 4.69) is 0 Å². The van der Waals surface area contributed by atoms with Gasteiger partial charge in [0, 0.05) is 6.54 Å². The number of aliphatic hydroxyl groups is 4. The first-order valence-electron chi connectivity index (χ1n) is 7.94. The van der Waals surface area contributed by atoms with Crippen LogP contribution in [0.2, 0.25) is 0 Å². The van der Waals surface area contributed by atoms with Crippen LogP contribution in [0.25, 0.3) is 0 Å². The monoisotopic (exact) mass is 367 g/mol. The van der Waals surface area contributed by atoms with E-state index < -0.39 is 48.9 Å². The van der Waals surface area contributed by atoms with Gasteiger partial charge in [-0.3, -0.25) is 9.59 Å². The second-order valence-corrected chi connectivity index (χ2v) is 6.05. The highest BCUT2D eigenvalue weighted by atomic mass is 35.5. The van der Waals surface area contributed by atoms with Crippen molar-refractivity contribution >= 4 is 24.2 Å². The second-order valence-electron chi connectivity index (χ2n) is 6.05. The van der Waals surface area contributed by atoms with Gasteiger partial charge in [-0.2, -0.15) is 0 Å². The number of fused-ring (bicyclic) bond motifs is 1. The number of hydrogen-bond acceptors (Lipinski definition) is 7. The van der Waals surface area contributed by atoms with Crippen molar-refractivity contribution in [3.05, 3.63) is 0 Å². The summed E-state index contributed by atoms with van der Waals surface area (Å²) in [7, 11) is 0. The molecular weight excluding hydrogens is 342 g/mol. The Morgan fingerprint density at radius 3 is 2.12 bits per heavy atom. The Morgan fingerprint density at radius 2 is 1.54 bits per heavy atom. The predicted octanol–water partition coefficient (Wildman–Crippen LogP) is -2.62. The molecule has 2 fully saturated rings. The standard InChI is InChI=1S/C14H25N3O6.ClH/c15-5-3-1-2-4-6-16-12-11(21)10(20)9(19)8(7-18)17(12)14(23)13(16)22;/h8-12,18-21H,1-7,15H2;1H/t8-,9-,10+,11+,12+;/m1./s1. The van der Waals surface area contributed by atoms with Gasteiger partial charge < -0.3 is 36.0 Å². The van der Waals surface area contributed by atoms with Crippen molar-refractivity contribution in [2.75, 3.05) is 19.7 Å². The molecule has 0 aromatic heterocycles. The molecule has 6 N–H and O–H groups in total. The largest absolute Gasteiger partial charge is 0.394 e. The number of rotatable bonds is 7. The molecule has 9 nitrogen and oxygen atoms in total. The summed E-state index contributed by atoms with van der Waals surface area (Å²) in [6.45, 7) is 0.248. The van der Waals surface area contributed by atoms with E-state index in [4.69, 9.17) is 5.73 Å². The number of hydrogen-bond donors (Lipinski definition) is 5. The summed E-state index contributed by atoms with van der Waals surface area (Å²) >= 11 is 0. The highest BCUT2D eigenvalue weighted by Crippen LogP contribution is 2.32. The maximum absolute atomic E-state index is 12.2. The summed E-state index contributed by atoms with van der Waals surface area (Å²) in [5, 5.41) is 39.4. The molecule has 0 aliphatic carbocycles. The molecule has 0 unspecified atom stereocenters. The third-order valence-electron chi connectivity index (χ3n) is 4.58. The number of nitrogens with two attached hydrogens (primary N) is 1. The van der Waals surface area contributed by atoms with Crippen molar-refractivity contribution in [2.24, 2.45) is 5.73 Å². The normalized spacial score (nSPS) is 32.8. The zero-order valence-corrected chi connectivity index (χ0v) is 14.1. The first kappa shape index (κ1) is 21.1. The van der Waals surface area contributed by atoms with Crippen LogP contribution in [0.15, 0.2) is 0 Å². The molecule has 5 atom stereocenters. The molecule has 2 amide bonds. The Labute approximate surface area is 146 Å². The third-order valence-corrected chi connectivity index (χ3v) is 4.58.